The van der Waals surface area contributed by atoms with Crippen molar-refractivity contribution in [2.45, 2.75) is 54.4 Å². The molecule has 0 spiro atoms. The quantitative estimate of drug-likeness (QED) is 0.782. The number of nitrogens with zero attached hydrogens (tertiary/aromatic N) is 5. The van der Waals surface area contributed by atoms with Crippen LogP contribution < -0.4 is 10.5 Å². The Labute approximate surface area is 166 Å². The average molecular weight is 380 g/mol. The molecule has 0 unspecified atom stereocenters. The van der Waals surface area contributed by atoms with Crippen molar-refractivity contribution in [3.8, 4) is 0 Å². The van der Waals surface area contributed by atoms with Crippen LogP contribution in [-0.2, 0) is 0 Å². The van der Waals surface area contributed by atoms with Crippen LogP contribution in [0.2, 0.25) is 0 Å². The van der Waals surface area contributed by atoms with Gasteiger partial charge in [0.2, 0.25) is 0 Å². The second kappa shape index (κ2) is 7.70. The van der Waals surface area contributed by atoms with E-state index < -0.39 is 0 Å². The van der Waals surface area contributed by atoms with Gasteiger partial charge in [-0.25, -0.2) is 9.98 Å². The van der Waals surface area contributed by atoms with E-state index in [0.717, 1.165) is 30.0 Å². The van der Waals surface area contributed by atoms with Crippen LogP contribution in [0.1, 0.15) is 63.2 Å². The largest absolute Gasteiger partial charge is 0.372 e. The van der Waals surface area contributed by atoms with Gasteiger partial charge in [-0.05, 0) is 64.3 Å². The lowest BCUT2D eigenvalue weighted by Crippen LogP contribution is -2.26. The van der Waals surface area contributed by atoms with E-state index in [1.54, 1.807) is 0 Å². The van der Waals surface area contributed by atoms with Gasteiger partial charge >= 0.3 is 0 Å². The van der Waals surface area contributed by atoms with Crippen LogP contribution in [0.3, 0.4) is 0 Å². The van der Waals surface area contributed by atoms with Crippen molar-refractivity contribution in [3.05, 3.63) is 51.2 Å². The Kier molecular flexibility index (Phi) is 5.49. The van der Waals surface area contributed by atoms with Gasteiger partial charge in [-0.3, -0.25) is 4.79 Å². The number of aromatic nitrogens is 2. The van der Waals surface area contributed by atoms with Crippen LogP contribution in [0.4, 0.5) is 11.4 Å². The molecule has 0 radical (unpaired) electrons. The monoisotopic (exact) mass is 379 g/mol. The van der Waals surface area contributed by atoms with E-state index in [0.29, 0.717) is 22.8 Å². The topological polar surface area (TPSA) is 62.9 Å². The van der Waals surface area contributed by atoms with E-state index in [2.05, 4.69) is 42.9 Å². The second-order valence-electron chi connectivity index (χ2n) is 7.51. The molecule has 0 N–H and O–H groups in total. The predicted molar refractivity (Wildman–Crippen MR) is 117 cm³/mol. The normalized spacial score (nSPS) is 14.6. The molecule has 0 fully saturated rings. The lowest BCUT2D eigenvalue weighted by Gasteiger charge is -2.21. The molecular formula is C22H29N5O. The van der Waals surface area contributed by atoms with Gasteiger partial charge in [0.1, 0.15) is 5.71 Å². The molecular weight excluding hydrogens is 350 g/mol. The molecule has 1 aromatic heterocycles. The van der Waals surface area contributed by atoms with Crippen molar-refractivity contribution in [2.24, 2.45) is 10.1 Å². The smallest absolute Gasteiger partial charge is 0.277 e. The Morgan fingerprint density at radius 3 is 2.39 bits per heavy atom. The zero-order valence-corrected chi connectivity index (χ0v) is 17.9. The van der Waals surface area contributed by atoms with Crippen LogP contribution in [0.25, 0.3) is 0 Å². The van der Waals surface area contributed by atoms with E-state index in [-0.39, 0.29) is 11.5 Å². The van der Waals surface area contributed by atoms with E-state index in [1.807, 2.05) is 33.8 Å². The molecule has 0 atom stereocenters. The van der Waals surface area contributed by atoms with Gasteiger partial charge in [-0.15, -0.1) is 0 Å². The Morgan fingerprint density at radius 1 is 1.14 bits per heavy atom. The molecule has 6 heteroatoms. The molecule has 1 aliphatic rings. The number of aliphatic imine (C=N–C) groups is 1. The summed E-state index contributed by atoms with van der Waals surface area (Å²) in [4.78, 5) is 24.6. The van der Waals surface area contributed by atoms with E-state index >= 15 is 0 Å². The third kappa shape index (κ3) is 3.39. The molecule has 0 saturated carbocycles. The Balaban J connectivity index is 2.11. The van der Waals surface area contributed by atoms with Gasteiger partial charge in [0.15, 0.2) is 5.82 Å². The molecule has 2 heterocycles. The average Bonchev–Trinajstić information content (AvgIpc) is 2.97. The summed E-state index contributed by atoms with van der Waals surface area (Å²) in [5.74, 6) is 0.694. The van der Waals surface area contributed by atoms with Crippen molar-refractivity contribution < 1.29 is 0 Å². The van der Waals surface area contributed by atoms with Crippen LogP contribution in [0.5, 0.6) is 0 Å². The minimum absolute atomic E-state index is 0.119. The maximum atomic E-state index is 12.7. The number of aryl methyl sites for hydroxylation is 1. The highest BCUT2D eigenvalue weighted by Gasteiger charge is 2.26. The summed E-state index contributed by atoms with van der Waals surface area (Å²) < 4.78 is 1.38. The lowest BCUT2D eigenvalue weighted by atomic mass is 10.1. The van der Waals surface area contributed by atoms with Gasteiger partial charge in [0.25, 0.3) is 5.56 Å². The summed E-state index contributed by atoms with van der Waals surface area (Å²) in [6.45, 7) is 16.1. The first-order chi connectivity index (χ1) is 13.3. The summed E-state index contributed by atoms with van der Waals surface area (Å²) in [6.07, 6.45) is 0. The van der Waals surface area contributed by atoms with Gasteiger partial charge in [-0.2, -0.15) is 9.78 Å². The number of rotatable bonds is 5. The van der Waals surface area contributed by atoms with Gasteiger partial charge in [0, 0.05) is 24.3 Å². The summed E-state index contributed by atoms with van der Waals surface area (Å²) in [5.41, 5.74) is 5.85. The second-order valence-corrected chi connectivity index (χ2v) is 7.51. The molecule has 1 aliphatic heterocycles. The van der Waals surface area contributed by atoms with Gasteiger partial charge in [0.05, 0.1) is 17.1 Å². The third-order valence-corrected chi connectivity index (χ3v) is 5.22. The molecule has 0 aliphatic carbocycles. The Morgan fingerprint density at radius 2 is 1.82 bits per heavy atom. The standard InChI is InChI=1S/C22H29N5O/c1-8-26(9-2)17-10-11-18(14(5)12-17)23-20-16(7)25-27-21(20)24-19(13(3)4)15(6)22(27)28/h10-13H,8-9H2,1-7H3. The Bertz CT molecular complexity index is 1030. The van der Waals surface area contributed by atoms with Crippen molar-refractivity contribution in [1.29, 1.82) is 0 Å². The number of hydrogen-bond donors (Lipinski definition) is 0. The maximum Gasteiger partial charge on any atom is 0.277 e. The number of hydrogen-bond acceptors (Lipinski definition) is 5. The fourth-order valence-electron chi connectivity index (χ4n) is 3.58. The molecule has 6 nitrogen and oxygen atoms in total. The first kappa shape index (κ1) is 20.0. The SMILES string of the molecule is CCN(CC)c1ccc(N=C2C(C)=Nn3c2nc(C(C)C)c(C)c3=O)c(C)c1. The predicted octanol–water partition coefficient (Wildman–Crippen LogP) is 4.19. The minimum atomic E-state index is -0.119. The number of benzene rings is 1. The van der Waals surface area contributed by atoms with Crippen molar-refractivity contribution in [2.75, 3.05) is 18.0 Å². The highest BCUT2D eigenvalue weighted by Crippen LogP contribution is 2.27. The van der Waals surface area contributed by atoms with Crippen molar-refractivity contribution in [1.82, 2.24) is 9.66 Å². The lowest BCUT2D eigenvalue weighted by molar-refractivity contribution is 0.729. The van der Waals surface area contributed by atoms with Crippen LogP contribution in [0.15, 0.2) is 33.1 Å². The van der Waals surface area contributed by atoms with E-state index in [4.69, 9.17) is 9.98 Å². The van der Waals surface area contributed by atoms with Gasteiger partial charge in [-0.1, -0.05) is 13.8 Å². The van der Waals surface area contributed by atoms with Gasteiger partial charge < -0.3 is 4.90 Å². The summed E-state index contributed by atoms with van der Waals surface area (Å²) in [7, 11) is 0. The molecule has 28 heavy (non-hydrogen) atoms. The number of fused-ring (bicyclic) bond motifs is 1. The van der Waals surface area contributed by atoms with E-state index in [9.17, 15) is 4.79 Å². The minimum Gasteiger partial charge on any atom is -0.372 e. The zero-order valence-electron chi connectivity index (χ0n) is 17.9. The first-order valence-electron chi connectivity index (χ1n) is 9.92. The fraction of sp³-hybridized carbons (Fsp3) is 0.455. The van der Waals surface area contributed by atoms with E-state index in [1.165, 1.54) is 10.4 Å². The van der Waals surface area contributed by atoms with Crippen molar-refractivity contribution >= 4 is 22.8 Å². The summed E-state index contributed by atoms with van der Waals surface area (Å²) >= 11 is 0. The van der Waals surface area contributed by atoms with Crippen LogP contribution in [0, 0.1) is 13.8 Å². The van der Waals surface area contributed by atoms with Crippen LogP contribution in [-0.4, -0.2) is 34.2 Å². The van der Waals surface area contributed by atoms with Crippen LogP contribution >= 0.6 is 0 Å². The molecule has 1 aromatic carbocycles. The molecule has 148 valence electrons. The highest BCUT2D eigenvalue weighted by atomic mass is 16.1. The zero-order chi connectivity index (χ0) is 20.6. The highest BCUT2D eigenvalue weighted by molar-refractivity contribution is 6.48. The molecule has 0 saturated heterocycles. The van der Waals surface area contributed by atoms with Crippen molar-refractivity contribution in [3.63, 3.8) is 0 Å². The third-order valence-electron chi connectivity index (χ3n) is 5.22. The molecule has 2 aromatic rings. The fourth-order valence-corrected chi connectivity index (χ4v) is 3.58. The summed E-state index contributed by atoms with van der Waals surface area (Å²) in [5, 5.41) is 4.41. The molecule has 0 bridgehead atoms. The number of anilines is 1. The maximum absolute atomic E-state index is 12.7. The first-order valence-corrected chi connectivity index (χ1v) is 9.92. The molecule has 3 rings (SSSR count). The molecule has 0 amide bonds. The summed E-state index contributed by atoms with van der Waals surface area (Å²) in [6, 6.07) is 6.28. The Hall–Kier alpha value is -2.76.